The van der Waals surface area contributed by atoms with Gasteiger partial charge in [-0.25, -0.2) is 0 Å². The maximum atomic E-state index is 12.5. The minimum absolute atomic E-state index is 0. The van der Waals surface area contributed by atoms with Crippen LogP contribution in [-0.2, 0) is 16.6 Å². The molecule has 126 valence electrons. The van der Waals surface area contributed by atoms with Crippen LogP contribution >= 0.6 is 12.4 Å². The Morgan fingerprint density at radius 2 is 1.59 bits per heavy atom. The lowest BCUT2D eigenvalue weighted by Gasteiger charge is -2.30. The van der Waals surface area contributed by atoms with Crippen LogP contribution in [0.25, 0.3) is 0 Å². The van der Waals surface area contributed by atoms with E-state index in [0.717, 1.165) is 24.8 Å². The lowest BCUT2D eigenvalue weighted by atomic mass is 9.82. The molecule has 0 spiro atoms. The Kier molecular flexibility index (Phi) is 8.13. The molecule has 1 rings (SSSR count). The van der Waals surface area contributed by atoms with Crippen molar-refractivity contribution in [2.75, 3.05) is 6.54 Å². The maximum absolute atomic E-state index is 12.5. The molecule has 0 radical (unpaired) electrons. The first-order valence-corrected chi connectivity index (χ1v) is 7.95. The van der Waals surface area contributed by atoms with E-state index in [1.165, 1.54) is 5.56 Å². The monoisotopic (exact) mass is 326 g/mol. The predicted molar refractivity (Wildman–Crippen MR) is 96.6 cm³/mol. The van der Waals surface area contributed by atoms with Crippen molar-refractivity contribution < 1.29 is 4.79 Å². The van der Waals surface area contributed by atoms with Gasteiger partial charge in [-0.15, -0.1) is 12.4 Å². The van der Waals surface area contributed by atoms with Crippen molar-refractivity contribution >= 4 is 18.3 Å². The van der Waals surface area contributed by atoms with E-state index in [0.29, 0.717) is 6.54 Å². The van der Waals surface area contributed by atoms with Crippen LogP contribution in [0.4, 0.5) is 0 Å². The van der Waals surface area contributed by atoms with Crippen LogP contribution in [0.2, 0.25) is 0 Å². The van der Waals surface area contributed by atoms with Gasteiger partial charge < -0.3 is 11.1 Å². The molecule has 0 aromatic heterocycles. The number of halogens is 1. The molecule has 1 aromatic carbocycles. The summed E-state index contributed by atoms with van der Waals surface area (Å²) in [6, 6.07) is 8.28. The number of rotatable bonds is 7. The van der Waals surface area contributed by atoms with Gasteiger partial charge in [0.2, 0.25) is 5.91 Å². The van der Waals surface area contributed by atoms with E-state index in [-0.39, 0.29) is 23.9 Å². The molecule has 0 heterocycles. The summed E-state index contributed by atoms with van der Waals surface area (Å²) in [6.07, 6.45) is 2.72. The molecule has 0 aliphatic carbocycles. The average molecular weight is 327 g/mol. The summed E-state index contributed by atoms with van der Waals surface area (Å²) in [7, 11) is 0. The number of benzene rings is 1. The smallest absolute Gasteiger partial charge is 0.230 e. The molecule has 3 N–H and O–H groups in total. The van der Waals surface area contributed by atoms with Crippen LogP contribution in [0.15, 0.2) is 24.3 Å². The highest BCUT2D eigenvalue weighted by atomic mass is 35.5. The molecule has 0 atom stereocenters. The Labute approximate surface area is 141 Å². The van der Waals surface area contributed by atoms with Gasteiger partial charge in [-0.3, -0.25) is 4.79 Å². The van der Waals surface area contributed by atoms with Gasteiger partial charge in [0.1, 0.15) is 0 Å². The lowest BCUT2D eigenvalue weighted by molar-refractivity contribution is -0.125. The number of hydrogen-bond acceptors (Lipinski definition) is 2. The fourth-order valence-electron chi connectivity index (χ4n) is 2.27. The first kappa shape index (κ1) is 20.9. The summed E-state index contributed by atoms with van der Waals surface area (Å²) in [4.78, 5) is 12.5. The van der Waals surface area contributed by atoms with Crippen molar-refractivity contribution in [3.63, 3.8) is 0 Å². The van der Waals surface area contributed by atoms with E-state index >= 15 is 0 Å². The summed E-state index contributed by atoms with van der Waals surface area (Å²) in [5.74, 6) is 0.0310. The Morgan fingerprint density at radius 1 is 1.09 bits per heavy atom. The van der Waals surface area contributed by atoms with E-state index in [4.69, 9.17) is 5.73 Å². The summed E-state index contributed by atoms with van der Waals surface area (Å²) in [5, 5.41) is 3.03. The van der Waals surface area contributed by atoms with Gasteiger partial charge in [0.25, 0.3) is 0 Å². The van der Waals surface area contributed by atoms with Crippen LogP contribution in [-0.4, -0.2) is 18.0 Å². The van der Waals surface area contributed by atoms with E-state index in [1.807, 2.05) is 26.0 Å². The number of nitrogens with one attached hydrogen (secondary N) is 1. The predicted octanol–water partition coefficient (Wildman–Crippen LogP) is 3.58. The third kappa shape index (κ3) is 4.99. The molecular formula is C18H31ClN2O. The number of carbonyl (C=O) groups is 1. The van der Waals surface area contributed by atoms with Crippen molar-refractivity contribution in [3.05, 3.63) is 35.4 Å². The Morgan fingerprint density at radius 3 is 2.00 bits per heavy atom. The number of hydrogen-bond donors (Lipinski definition) is 2. The molecule has 0 saturated carbocycles. The van der Waals surface area contributed by atoms with Gasteiger partial charge in [-0.1, -0.05) is 45.0 Å². The topological polar surface area (TPSA) is 55.1 Å². The van der Waals surface area contributed by atoms with Crippen LogP contribution < -0.4 is 11.1 Å². The third-order valence-electron chi connectivity index (χ3n) is 4.66. The number of aryl methyl sites for hydroxylation is 1. The van der Waals surface area contributed by atoms with E-state index in [1.54, 1.807) is 0 Å². The van der Waals surface area contributed by atoms with Gasteiger partial charge in [0.15, 0.2) is 0 Å². The average Bonchev–Trinajstić information content (AvgIpc) is 2.52. The highest BCUT2D eigenvalue weighted by Gasteiger charge is 2.31. The second-order valence-electron chi connectivity index (χ2n) is 6.43. The van der Waals surface area contributed by atoms with Crippen LogP contribution in [0.3, 0.4) is 0 Å². The quantitative estimate of drug-likeness (QED) is 0.804. The summed E-state index contributed by atoms with van der Waals surface area (Å²) < 4.78 is 0. The van der Waals surface area contributed by atoms with Gasteiger partial charge in [0, 0.05) is 12.1 Å². The molecule has 0 saturated heterocycles. The standard InChI is InChI=1S/C18H30N2O.ClH/c1-6-14-9-11-15(12-10-14)17(4,5)16(21)20-13-18(19,7-2)8-3;/h9-12H,6-8,13,19H2,1-5H3,(H,20,21);1H. The SMILES string of the molecule is CCc1ccc(C(C)(C)C(=O)NCC(N)(CC)CC)cc1.Cl. The first-order valence-electron chi connectivity index (χ1n) is 7.95. The molecule has 0 aliphatic rings. The Balaban J connectivity index is 0.00000441. The zero-order valence-corrected chi connectivity index (χ0v) is 15.3. The minimum Gasteiger partial charge on any atom is -0.354 e. The fraction of sp³-hybridized carbons (Fsp3) is 0.611. The fourth-order valence-corrected chi connectivity index (χ4v) is 2.27. The second kappa shape index (κ2) is 8.54. The third-order valence-corrected chi connectivity index (χ3v) is 4.66. The number of amides is 1. The van der Waals surface area contributed by atoms with Gasteiger partial charge in [0.05, 0.1) is 5.41 Å². The van der Waals surface area contributed by atoms with Crippen molar-refractivity contribution in [1.82, 2.24) is 5.32 Å². The minimum atomic E-state index is -0.547. The van der Waals surface area contributed by atoms with Crippen LogP contribution in [0, 0.1) is 0 Å². The highest BCUT2D eigenvalue weighted by Crippen LogP contribution is 2.24. The number of nitrogens with two attached hydrogens (primary N) is 1. The van der Waals surface area contributed by atoms with Gasteiger partial charge >= 0.3 is 0 Å². The largest absolute Gasteiger partial charge is 0.354 e. The van der Waals surface area contributed by atoms with Crippen molar-refractivity contribution in [3.8, 4) is 0 Å². The van der Waals surface area contributed by atoms with E-state index in [9.17, 15) is 4.79 Å². The van der Waals surface area contributed by atoms with Crippen LogP contribution in [0.5, 0.6) is 0 Å². The van der Waals surface area contributed by atoms with Crippen molar-refractivity contribution in [2.24, 2.45) is 5.73 Å². The molecule has 4 heteroatoms. The molecule has 0 bridgehead atoms. The summed E-state index contributed by atoms with van der Waals surface area (Å²) in [6.45, 7) is 10.7. The second-order valence-corrected chi connectivity index (χ2v) is 6.43. The zero-order chi connectivity index (χ0) is 16.1. The number of carbonyl (C=O) groups excluding carboxylic acids is 1. The molecular weight excluding hydrogens is 296 g/mol. The summed E-state index contributed by atoms with van der Waals surface area (Å²) >= 11 is 0. The zero-order valence-electron chi connectivity index (χ0n) is 14.5. The Bertz CT molecular complexity index is 464. The molecule has 3 nitrogen and oxygen atoms in total. The van der Waals surface area contributed by atoms with Gasteiger partial charge in [-0.2, -0.15) is 0 Å². The van der Waals surface area contributed by atoms with Gasteiger partial charge in [-0.05, 0) is 44.2 Å². The molecule has 0 fully saturated rings. The van der Waals surface area contributed by atoms with Crippen molar-refractivity contribution in [1.29, 1.82) is 0 Å². The molecule has 22 heavy (non-hydrogen) atoms. The van der Waals surface area contributed by atoms with Crippen LogP contribution in [0.1, 0.15) is 58.6 Å². The normalized spacial score (nSPS) is 11.7. The lowest BCUT2D eigenvalue weighted by Crippen LogP contribution is -2.52. The first-order chi connectivity index (χ1) is 9.79. The molecule has 1 aromatic rings. The van der Waals surface area contributed by atoms with Crippen molar-refractivity contribution in [2.45, 2.75) is 64.8 Å². The molecule has 1 amide bonds. The van der Waals surface area contributed by atoms with E-state index in [2.05, 4.69) is 38.2 Å². The highest BCUT2D eigenvalue weighted by molar-refractivity contribution is 5.87. The molecule has 0 unspecified atom stereocenters. The Hall–Kier alpha value is -1.06. The molecule has 0 aliphatic heterocycles. The van der Waals surface area contributed by atoms with E-state index < -0.39 is 5.41 Å². The maximum Gasteiger partial charge on any atom is 0.230 e. The summed E-state index contributed by atoms with van der Waals surface area (Å²) in [5.41, 5.74) is 7.72.